The van der Waals surface area contributed by atoms with E-state index in [9.17, 15) is 14.3 Å². The largest absolute Gasteiger partial charge is 0.395 e. The highest BCUT2D eigenvalue weighted by molar-refractivity contribution is 5.91. The summed E-state index contributed by atoms with van der Waals surface area (Å²) < 4.78 is 13.1. The lowest BCUT2D eigenvalue weighted by atomic mass is 9.88. The van der Waals surface area contributed by atoms with Crippen molar-refractivity contribution < 1.29 is 14.3 Å². The molecule has 2 unspecified atom stereocenters. The highest BCUT2D eigenvalue weighted by atomic mass is 19.1. The number of benzene rings is 1. The summed E-state index contributed by atoms with van der Waals surface area (Å²) in [5.41, 5.74) is 0.551. The SMILES string of the molecule is CC(CC(=O)Nc1cccc(F)c1)NC(CO)CC(C)(C)C. The Balaban J connectivity index is 2.46. The predicted molar refractivity (Wildman–Crippen MR) is 87.2 cm³/mol. The number of carbonyl (C=O) groups excluding carboxylic acids is 1. The van der Waals surface area contributed by atoms with Gasteiger partial charge in [-0.05, 0) is 37.0 Å². The van der Waals surface area contributed by atoms with E-state index in [-0.39, 0.29) is 42.3 Å². The minimum Gasteiger partial charge on any atom is -0.395 e. The van der Waals surface area contributed by atoms with Gasteiger partial charge in [0, 0.05) is 24.2 Å². The van der Waals surface area contributed by atoms with Crippen LogP contribution in [-0.2, 0) is 4.79 Å². The van der Waals surface area contributed by atoms with Crippen LogP contribution in [0.5, 0.6) is 0 Å². The smallest absolute Gasteiger partial charge is 0.225 e. The van der Waals surface area contributed by atoms with Crippen molar-refractivity contribution in [2.75, 3.05) is 11.9 Å². The summed E-state index contributed by atoms with van der Waals surface area (Å²) in [5.74, 6) is -0.562. The summed E-state index contributed by atoms with van der Waals surface area (Å²) in [4.78, 5) is 12.0. The molecule has 4 nitrogen and oxygen atoms in total. The van der Waals surface area contributed by atoms with Gasteiger partial charge in [-0.2, -0.15) is 0 Å². The van der Waals surface area contributed by atoms with Crippen molar-refractivity contribution >= 4 is 11.6 Å². The molecule has 1 aromatic carbocycles. The molecule has 0 heterocycles. The molecule has 0 spiro atoms. The van der Waals surface area contributed by atoms with Crippen molar-refractivity contribution in [2.45, 2.75) is 52.6 Å². The van der Waals surface area contributed by atoms with Crippen LogP contribution in [0.4, 0.5) is 10.1 Å². The van der Waals surface area contributed by atoms with Crippen LogP contribution in [0, 0.1) is 11.2 Å². The van der Waals surface area contributed by atoms with Crippen LogP contribution in [0.3, 0.4) is 0 Å². The number of nitrogens with one attached hydrogen (secondary N) is 2. The summed E-state index contributed by atoms with van der Waals surface area (Å²) in [6.07, 6.45) is 1.08. The summed E-state index contributed by atoms with van der Waals surface area (Å²) in [5, 5.41) is 15.4. The van der Waals surface area contributed by atoms with Crippen LogP contribution < -0.4 is 10.6 Å². The Hall–Kier alpha value is -1.46. The fourth-order valence-electron chi connectivity index (χ4n) is 2.43. The van der Waals surface area contributed by atoms with E-state index in [0.29, 0.717) is 5.69 Å². The number of rotatable bonds is 7. The molecule has 0 aliphatic carbocycles. The first-order chi connectivity index (χ1) is 10.2. The number of carbonyl (C=O) groups is 1. The van der Waals surface area contributed by atoms with Gasteiger partial charge in [-0.3, -0.25) is 4.79 Å². The Labute approximate surface area is 132 Å². The molecule has 22 heavy (non-hydrogen) atoms. The van der Waals surface area contributed by atoms with Crippen molar-refractivity contribution in [1.82, 2.24) is 5.32 Å². The lowest BCUT2D eigenvalue weighted by molar-refractivity contribution is -0.116. The number of amides is 1. The molecule has 0 aromatic heterocycles. The van der Waals surface area contributed by atoms with Crippen molar-refractivity contribution in [3.63, 3.8) is 0 Å². The van der Waals surface area contributed by atoms with Gasteiger partial charge in [0.15, 0.2) is 0 Å². The first kappa shape index (κ1) is 18.6. The number of hydrogen-bond donors (Lipinski definition) is 3. The molecule has 1 aromatic rings. The molecule has 0 saturated heterocycles. The summed E-state index contributed by atoms with van der Waals surface area (Å²) >= 11 is 0. The molecular formula is C17H27FN2O2. The summed E-state index contributed by atoms with van der Waals surface area (Å²) in [6, 6.07) is 5.70. The van der Waals surface area contributed by atoms with Crippen molar-refractivity contribution in [3.05, 3.63) is 30.1 Å². The Morgan fingerprint density at radius 2 is 2.05 bits per heavy atom. The maximum atomic E-state index is 13.1. The van der Waals surface area contributed by atoms with Crippen molar-refractivity contribution in [2.24, 2.45) is 5.41 Å². The molecule has 0 saturated carbocycles. The average molecular weight is 310 g/mol. The molecule has 1 amide bonds. The normalized spacial score (nSPS) is 14.5. The maximum absolute atomic E-state index is 13.1. The molecule has 2 atom stereocenters. The highest BCUT2D eigenvalue weighted by Gasteiger charge is 2.20. The number of hydrogen-bond acceptors (Lipinski definition) is 3. The molecule has 0 aliphatic heterocycles. The Morgan fingerprint density at radius 1 is 1.36 bits per heavy atom. The van der Waals surface area contributed by atoms with E-state index in [1.165, 1.54) is 12.1 Å². The highest BCUT2D eigenvalue weighted by Crippen LogP contribution is 2.21. The van der Waals surface area contributed by atoms with Crippen LogP contribution in [0.15, 0.2) is 24.3 Å². The Kier molecular flexibility index (Phi) is 6.97. The molecular weight excluding hydrogens is 283 g/mol. The van der Waals surface area contributed by atoms with E-state index < -0.39 is 0 Å². The monoisotopic (exact) mass is 310 g/mol. The van der Waals surface area contributed by atoms with Crippen LogP contribution in [0.2, 0.25) is 0 Å². The standard InChI is InChI=1S/C17H27FN2O2/c1-12(19-15(11-21)10-17(2,3)4)8-16(22)20-14-7-5-6-13(18)9-14/h5-7,9,12,15,19,21H,8,10-11H2,1-4H3,(H,20,22). The first-order valence-corrected chi connectivity index (χ1v) is 7.62. The Morgan fingerprint density at radius 3 is 2.59 bits per heavy atom. The molecule has 0 fully saturated rings. The number of aliphatic hydroxyl groups excluding tert-OH is 1. The van der Waals surface area contributed by atoms with Gasteiger partial charge < -0.3 is 15.7 Å². The van der Waals surface area contributed by atoms with Gasteiger partial charge in [-0.25, -0.2) is 4.39 Å². The van der Waals surface area contributed by atoms with Gasteiger partial charge in [0.25, 0.3) is 0 Å². The fourth-order valence-corrected chi connectivity index (χ4v) is 2.43. The Bertz CT molecular complexity index is 486. The first-order valence-electron chi connectivity index (χ1n) is 7.62. The van der Waals surface area contributed by atoms with Gasteiger partial charge in [0.1, 0.15) is 5.82 Å². The molecule has 0 aliphatic rings. The van der Waals surface area contributed by atoms with Gasteiger partial charge in [0.2, 0.25) is 5.91 Å². The topological polar surface area (TPSA) is 61.4 Å². The number of anilines is 1. The van der Waals surface area contributed by atoms with Gasteiger partial charge in [0.05, 0.1) is 6.61 Å². The van der Waals surface area contributed by atoms with E-state index in [1.807, 2.05) is 6.92 Å². The van der Waals surface area contributed by atoms with Crippen molar-refractivity contribution in [1.29, 1.82) is 0 Å². The minimum absolute atomic E-state index is 0.0348. The fraction of sp³-hybridized carbons (Fsp3) is 0.588. The van der Waals surface area contributed by atoms with Crippen molar-refractivity contribution in [3.8, 4) is 0 Å². The lowest BCUT2D eigenvalue weighted by Gasteiger charge is -2.28. The third-order valence-electron chi connectivity index (χ3n) is 3.20. The lowest BCUT2D eigenvalue weighted by Crippen LogP contribution is -2.42. The number of halogens is 1. The van der Waals surface area contributed by atoms with E-state index >= 15 is 0 Å². The van der Waals surface area contributed by atoms with Crippen LogP contribution in [-0.4, -0.2) is 29.7 Å². The second kappa shape index (κ2) is 8.25. The van der Waals surface area contributed by atoms with Gasteiger partial charge >= 0.3 is 0 Å². The molecule has 5 heteroatoms. The third kappa shape index (κ3) is 7.52. The molecule has 0 radical (unpaired) electrons. The van der Waals surface area contributed by atoms with Crippen LogP contribution >= 0.6 is 0 Å². The van der Waals surface area contributed by atoms with E-state index in [1.54, 1.807) is 12.1 Å². The van der Waals surface area contributed by atoms with E-state index in [2.05, 4.69) is 31.4 Å². The maximum Gasteiger partial charge on any atom is 0.225 e. The predicted octanol–water partition coefficient (Wildman–Crippen LogP) is 2.93. The zero-order chi connectivity index (χ0) is 16.8. The summed E-state index contributed by atoms with van der Waals surface area (Å²) in [6.45, 7) is 8.26. The zero-order valence-electron chi connectivity index (χ0n) is 13.8. The molecule has 3 N–H and O–H groups in total. The summed E-state index contributed by atoms with van der Waals surface area (Å²) in [7, 11) is 0. The van der Waals surface area contributed by atoms with E-state index in [0.717, 1.165) is 6.42 Å². The molecule has 124 valence electrons. The number of aliphatic hydroxyl groups is 1. The van der Waals surface area contributed by atoms with Crippen LogP contribution in [0.25, 0.3) is 0 Å². The van der Waals surface area contributed by atoms with E-state index in [4.69, 9.17) is 0 Å². The average Bonchev–Trinajstić information content (AvgIpc) is 2.35. The van der Waals surface area contributed by atoms with Gasteiger partial charge in [-0.1, -0.05) is 26.8 Å². The second-order valence-electron chi connectivity index (χ2n) is 6.97. The zero-order valence-corrected chi connectivity index (χ0v) is 13.8. The quantitative estimate of drug-likeness (QED) is 0.725. The van der Waals surface area contributed by atoms with Gasteiger partial charge in [-0.15, -0.1) is 0 Å². The van der Waals surface area contributed by atoms with Crippen LogP contribution in [0.1, 0.15) is 40.5 Å². The minimum atomic E-state index is -0.380. The molecule has 1 rings (SSSR count). The second-order valence-corrected chi connectivity index (χ2v) is 6.97. The molecule has 0 bridgehead atoms. The third-order valence-corrected chi connectivity index (χ3v) is 3.20.